The fraction of sp³-hybridized carbons (Fsp3) is 0.464. The van der Waals surface area contributed by atoms with E-state index in [-0.39, 0.29) is 37.4 Å². The summed E-state index contributed by atoms with van der Waals surface area (Å²) in [5, 5.41) is 22.1. The van der Waals surface area contributed by atoms with Gasteiger partial charge in [-0.1, -0.05) is 68.1 Å². The number of carbonyl (C=O) groups is 1. The highest BCUT2D eigenvalue weighted by Crippen LogP contribution is 2.42. The molecule has 2 saturated heterocycles. The molecule has 0 radical (unpaired) electrons. The van der Waals surface area contributed by atoms with Crippen molar-refractivity contribution in [2.24, 2.45) is 5.92 Å². The van der Waals surface area contributed by atoms with E-state index in [1.807, 2.05) is 48.5 Å². The topological polar surface area (TPSA) is 100 Å². The van der Waals surface area contributed by atoms with E-state index in [1.165, 1.54) is 6.08 Å². The number of aliphatic hydroxyl groups excluding tert-OH is 2. The number of ether oxygens (including phenoxy) is 3. The average Bonchev–Trinajstić information content (AvgIpc) is 3.32. The fourth-order valence-corrected chi connectivity index (χ4v) is 4.71. The van der Waals surface area contributed by atoms with Gasteiger partial charge >= 0.3 is 6.09 Å². The number of hydrogen-bond donors (Lipinski definition) is 3. The van der Waals surface area contributed by atoms with E-state index in [4.69, 9.17) is 14.2 Å². The zero-order chi connectivity index (χ0) is 25.5. The van der Waals surface area contributed by atoms with Gasteiger partial charge < -0.3 is 29.7 Å². The van der Waals surface area contributed by atoms with E-state index in [0.717, 1.165) is 41.8 Å². The van der Waals surface area contributed by atoms with Crippen molar-refractivity contribution in [3.8, 4) is 0 Å². The molecule has 8 nitrogen and oxygen atoms in total. The number of β-amino-alcohol motifs (C(OH)–C–C–N with tert-alkyl or cyclic N) is 1. The molecule has 0 aromatic heterocycles. The van der Waals surface area contributed by atoms with Gasteiger partial charge in [-0.2, -0.15) is 0 Å². The van der Waals surface area contributed by atoms with Crippen LogP contribution in [-0.2, 0) is 27.4 Å². The van der Waals surface area contributed by atoms with Gasteiger partial charge in [-0.3, -0.25) is 4.90 Å². The number of aliphatic hydroxyl groups is 2. The van der Waals surface area contributed by atoms with Crippen LogP contribution in [-0.4, -0.2) is 59.7 Å². The molecule has 2 aromatic carbocycles. The second-order valence-corrected chi connectivity index (χ2v) is 9.51. The van der Waals surface area contributed by atoms with Crippen LogP contribution in [0.15, 0.2) is 61.2 Å². The predicted octanol–water partition coefficient (Wildman–Crippen LogP) is 3.45. The SMILES string of the molecule is C=CCOC(=O)NCc1ccc([C@H]2O[C@@H](CN3CC[C@H](O)C3)[C@@H](C)[C@@H](c3ccc(CO)cc3)O2)cc1. The number of alkyl carbamates (subject to hydrolysis) is 1. The molecule has 36 heavy (non-hydrogen) atoms. The molecule has 1 amide bonds. The Morgan fingerprint density at radius 3 is 2.47 bits per heavy atom. The van der Waals surface area contributed by atoms with Gasteiger partial charge in [0.05, 0.1) is 24.9 Å². The maximum atomic E-state index is 11.7. The van der Waals surface area contributed by atoms with Gasteiger partial charge in [0, 0.05) is 37.7 Å². The Labute approximate surface area is 212 Å². The van der Waals surface area contributed by atoms with Crippen LogP contribution in [0, 0.1) is 5.92 Å². The van der Waals surface area contributed by atoms with E-state index in [2.05, 4.69) is 23.7 Å². The molecule has 2 heterocycles. The van der Waals surface area contributed by atoms with Gasteiger partial charge in [-0.25, -0.2) is 4.79 Å². The largest absolute Gasteiger partial charge is 0.445 e. The number of nitrogens with one attached hydrogen (secondary N) is 1. The third-order valence-electron chi connectivity index (χ3n) is 6.83. The second-order valence-electron chi connectivity index (χ2n) is 9.51. The number of benzene rings is 2. The highest BCUT2D eigenvalue weighted by atomic mass is 16.7. The van der Waals surface area contributed by atoms with Crippen LogP contribution in [0.3, 0.4) is 0 Å². The Kier molecular flexibility index (Phi) is 9.12. The monoisotopic (exact) mass is 496 g/mol. The van der Waals surface area contributed by atoms with Crippen LogP contribution in [0.25, 0.3) is 0 Å². The molecule has 0 aliphatic carbocycles. The lowest BCUT2D eigenvalue weighted by Gasteiger charge is -2.42. The van der Waals surface area contributed by atoms with Crippen LogP contribution < -0.4 is 5.32 Å². The molecule has 5 atom stereocenters. The third kappa shape index (κ3) is 6.72. The zero-order valence-corrected chi connectivity index (χ0v) is 20.7. The maximum Gasteiger partial charge on any atom is 0.407 e. The van der Waals surface area contributed by atoms with Crippen molar-refractivity contribution < 1.29 is 29.2 Å². The van der Waals surface area contributed by atoms with Gasteiger partial charge in [0.25, 0.3) is 0 Å². The first-order chi connectivity index (χ1) is 17.5. The number of rotatable bonds is 9. The Bertz CT molecular complexity index is 996. The van der Waals surface area contributed by atoms with Crippen molar-refractivity contribution in [2.45, 2.75) is 51.1 Å². The summed E-state index contributed by atoms with van der Waals surface area (Å²) in [4.78, 5) is 13.9. The molecule has 2 aliphatic heterocycles. The Morgan fingerprint density at radius 1 is 1.14 bits per heavy atom. The third-order valence-corrected chi connectivity index (χ3v) is 6.83. The van der Waals surface area contributed by atoms with Crippen molar-refractivity contribution in [2.75, 3.05) is 26.2 Å². The molecule has 4 rings (SSSR count). The molecule has 0 bridgehead atoms. The smallest absolute Gasteiger partial charge is 0.407 e. The fourth-order valence-electron chi connectivity index (χ4n) is 4.71. The van der Waals surface area contributed by atoms with Crippen LogP contribution in [0.4, 0.5) is 4.79 Å². The van der Waals surface area contributed by atoms with Gasteiger partial charge in [0.2, 0.25) is 0 Å². The number of likely N-dealkylation sites (tertiary alicyclic amines) is 1. The molecular weight excluding hydrogens is 460 g/mol. The maximum absolute atomic E-state index is 11.7. The first-order valence-electron chi connectivity index (χ1n) is 12.5. The molecule has 194 valence electrons. The molecule has 2 aromatic rings. The highest BCUT2D eigenvalue weighted by molar-refractivity contribution is 5.67. The highest BCUT2D eigenvalue weighted by Gasteiger charge is 2.39. The molecule has 8 heteroatoms. The minimum absolute atomic E-state index is 0.000187. The summed E-state index contributed by atoms with van der Waals surface area (Å²) in [5.74, 6) is 0.0871. The minimum atomic E-state index is -0.555. The standard InChI is InChI=1S/C28H36N2O6/c1-3-14-34-28(33)29-15-20-4-10-23(11-5-20)27-35-25(17-30-13-12-24(32)16-30)19(2)26(36-27)22-8-6-21(18-31)7-9-22/h3-11,19,24-27,31-32H,1,12-18H2,2H3,(H,29,33)/t19-,24+,25+,26+,27+/m1/s1. The van der Waals surface area contributed by atoms with E-state index in [1.54, 1.807) is 0 Å². The lowest BCUT2D eigenvalue weighted by Crippen LogP contribution is -2.44. The molecule has 3 N–H and O–H groups in total. The number of nitrogens with zero attached hydrogens (tertiary/aromatic N) is 1. The predicted molar refractivity (Wildman–Crippen MR) is 135 cm³/mol. The first-order valence-corrected chi connectivity index (χ1v) is 12.5. The Morgan fingerprint density at radius 2 is 1.83 bits per heavy atom. The summed E-state index contributed by atoms with van der Waals surface area (Å²) in [5.41, 5.74) is 3.72. The van der Waals surface area contributed by atoms with Crippen molar-refractivity contribution in [3.63, 3.8) is 0 Å². The molecule has 2 aliphatic rings. The Balaban J connectivity index is 1.48. The first kappa shape index (κ1) is 26.3. The summed E-state index contributed by atoms with van der Waals surface area (Å²) in [6.45, 7) is 8.41. The molecule has 0 saturated carbocycles. The normalized spacial score (nSPS) is 26.5. The Hall–Kier alpha value is -2.75. The van der Waals surface area contributed by atoms with E-state index < -0.39 is 12.4 Å². The zero-order valence-electron chi connectivity index (χ0n) is 20.7. The van der Waals surface area contributed by atoms with Crippen molar-refractivity contribution in [1.82, 2.24) is 10.2 Å². The average molecular weight is 497 g/mol. The van der Waals surface area contributed by atoms with Gasteiger partial charge in [-0.15, -0.1) is 0 Å². The van der Waals surface area contributed by atoms with Crippen LogP contribution >= 0.6 is 0 Å². The number of carbonyl (C=O) groups excluding carboxylic acids is 1. The van der Waals surface area contributed by atoms with Crippen molar-refractivity contribution in [1.29, 1.82) is 0 Å². The summed E-state index contributed by atoms with van der Waals surface area (Å²) in [6, 6.07) is 15.6. The van der Waals surface area contributed by atoms with Crippen LogP contribution in [0.2, 0.25) is 0 Å². The lowest BCUT2D eigenvalue weighted by atomic mass is 9.90. The molecular formula is C28H36N2O6. The van der Waals surface area contributed by atoms with Crippen molar-refractivity contribution in [3.05, 3.63) is 83.4 Å². The molecule has 0 spiro atoms. The van der Waals surface area contributed by atoms with E-state index in [9.17, 15) is 15.0 Å². The number of amides is 1. The summed E-state index contributed by atoms with van der Waals surface area (Å²) >= 11 is 0. The number of hydrogen-bond acceptors (Lipinski definition) is 7. The summed E-state index contributed by atoms with van der Waals surface area (Å²) < 4.78 is 17.9. The van der Waals surface area contributed by atoms with Gasteiger partial charge in [0.15, 0.2) is 6.29 Å². The van der Waals surface area contributed by atoms with Crippen LogP contribution in [0.1, 0.15) is 48.0 Å². The van der Waals surface area contributed by atoms with Gasteiger partial charge in [-0.05, 0) is 23.1 Å². The van der Waals surface area contributed by atoms with Crippen molar-refractivity contribution >= 4 is 6.09 Å². The molecule has 0 unspecified atom stereocenters. The summed E-state index contributed by atoms with van der Waals surface area (Å²) in [7, 11) is 0. The van der Waals surface area contributed by atoms with E-state index in [0.29, 0.717) is 13.1 Å². The lowest BCUT2D eigenvalue weighted by molar-refractivity contribution is -0.276. The summed E-state index contributed by atoms with van der Waals surface area (Å²) in [6.07, 6.45) is 0.703. The minimum Gasteiger partial charge on any atom is -0.445 e. The van der Waals surface area contributed by atoms with E-state index >= 15 is 0 Å². The second kappa shape index (κ2) is 12.5. The van der Waals surface area contributed by atoms with Gasteiger partial charge in [0.1, 0.15) is 6.61 Å². The molecule has 2 fully saturated rings. The van der Waals surface area contributed by atoms with Crippen LogP contribution in [0.5, 0.6) is 0 Å². The quantitative estimate of drug-likeness (QED) is 0.457.